The van der Waals surface area contributed by atoms with Crippen molar-refractivity contribution >= 4 is 10.2 Å². The Kier molecular flexibility index (Phi) is 7.77. The highest BCUT2D eigenvalue weighted by Gasteiger charge is 2.34. The van der Waals surface area contributed by atoms with E-state index in [9.17, 15) is 30.4 Å². The van der Waals surface area contributed by atoms with Crippen LogP contribution in [0.25, 0.3) is 0 Å². The van der Waals surface area contributed by atoms with E-state index in [4.69, 9.17) is 0 Å². The summed E-state index contributed by atoms with van der Waals surface area (Å²) in [4.78, 5) is 0. The summed E-state index contributed by atoms with van der Waals surface area (Å²) in [6, 6.07) is 16.3. The molecule has 1 unspecified atom stereocenters. The first-order valence-corrected chi connectivity index (χ1v) is 12.9. The van der Waals surface area contributed by atoms with Gasteiger partial charge in [-0.2, -0.15) is 30.6 Å². The molecule has 192 valence electrons. The van der Waals surface area contributed by atoms with Crippen molar-refractivity contribution < 1.29 is 30.4 Å². The second kappa shape index (κ2) is 10.7. The van der Waals surface area contributed by atoms with Gasteiger partial charge in [-0.3, -0.25) is 0 Å². The van der Waals surface area contributed by atoms with Gasteiger partial charge in [0.05, 0.1) is 5.56 Å². The van der Waals surface area contributed by atoms with Crippen molar-refractivity contribution in [3.63, 3.8) is 0 Å². The summed E-state index contributed by atoms with van der Waals surface area (Å²) in [5.41, 5.74) is 1.19. The molecule has 0 radical (unpaired) electrons. The van der Waals surface area contributed by atoms with Crippen LogP contribution in [0.2, 0.25) is 0 Å². The van der Waals surface area contributed by atoms with Crippen molar-refractivity contribution in [2.75, 3.05) is 13.1 Å². The Bertz CT molecular complexity index is 1220. The third-order valence-corrected chi connectivity index (χ3v) is 7.95. The molecule has 0 aliphatic carbocycles. The second-order valence-electron chi connectivity index (χ2n) is 8.86. The smallest absolute Gasteiger partial charge is 0.207 e. The van der Waals surface area contributed by atoms with Crippen molar-refractivity contribution in [2.45, 2.75) is 31.5 Å². The molecule has 10 heteroatoms. The molecular weight excluding hydrogens is 499 g/mol. The molecular formula is C26H25F5N2O2S. The summed E-state index contributed by atoms with van der Waals surface area (Å²) >= 11 is 0. The molecule has 0 bridgehead atoms. The molecule has 1 N–H and O–H groups in total. The van der Waals surface area contributed by atoms with Crippen LogP contribution in [-0.4, -0.2) is 25.8 Å². The standard InChI is InChI=1S/C26H25F5N2O2S/c27-23-11-5-19(6-12-23)25(20-7-13-24(28)14-8-20)21-2-1-15-33(17-21)36(34,35)32-16-18-3-9-22(10-4-18)26(29,30)31/h3-14,21,25,32H,1-2,15-17H2. The number of alkyl halides is 3. The van der Waals surface area contributed by atoms with Gasteiger partial charge in [0, 0.05) is 25.6 Å². The van der Waals surface area contributed by atoms with Gasteiger partial charge in [-0.25, -0.2) is 8.78 Å². The molecule has 1 atom stereocenters. The maximum atomic E-state index is 13.6. The molecule has 3 aromatic rings. The van der Waals surface area contributed by atoms with Gasteiger partial charge in [0.1, 0.15) is 11.6 Å². The van der Waals surface area contributed by atoms with Crippen LogP contribution < -0.4 is 4.72 Å². The molecule has 4 rings (SSSR count). The molecule has 0 amide bonds. The Morgan fingerprint density at radius 3 is 1.89 bits per heavy atom. The van der Waals surface area contributed by atoms with Crippen molar-refractivity contribution in [2.24, 2.45) is 5.92 Å². The fraction of sp³-hybridized carbons (Fsp3) is 0.308. The van der Waals surface area contributed by atoms with E-state index in [2.05, 4.69) is 4.72 Å². The fourth-order valence-corrected chi connectivity index (χ4v) is 5.91. The molecule has 1 fully saturated rings. The summed E-state index contributed by atoms with van der Waals surface area (Å²) in [6.07, 6.45) is -3.17. The lowest BCUT2D eigenvalue weighted by Crippen LogP contribution is -2.46. The molecule has 0 spiro atoms. The molecule has 1 heterocycles. The maximum absolute atomic E-state index is 13.6. The predicted octanol–water partition coefficient (Wildman–Crippen LogP) is 5.86. The van der Waals surface area contributed by atoms with E-state index < -0.39 is 33.6 Å². The minimum absolute atomic E-state index is 0.152. The van der Waals surface area contributed by atoms with Crippen LogP contribution in [0.15, 0.2) is 72.8 Å². The van der Waals surface area contributed by atoms with Crippen LogP contribution in [-0.2, 0) is 22.9 Å². The van der Waals surface area contributed by atoms with Gasteiger partial charge < -0.3 is 0 Å². The highest BCUT2D eigenvalue weighted by atomic mass is 32.2. The number of nitrogens with one attached hydrogen (secondary N) is 1. The summed E-state index contributed by atoms with van der Waals surface area (Å²) in [5.74, 6) is -1.22. The summed E-state index contributed by atoms with van der Waals surface area (Å²) in [7, 11) is -3.92. The summed E-state index contributed by atoms with van der Waals surface area (Å²) in [5, 5.41) is 0. The average Bonchev–Trinajstić information content (AvgIpc) is 2.85. The molecule has 1 aliphatic heterocycles. The number of halogens is 5. The number of rotatable bonds is 7. The summed E-state index contributed by atoms with van der Waals surface area (Å²) < 4.78 is 95.3. The zero-order chi connectivity index (χ0) is 25.9. The largest absolute Gasteiger partial charge is 0.416 e. The number of hydrogen-bond acceptors (Lipinski definition) is 2. The number of hydrogen-bond donors (Lipinski definition) is 1. The van der Waals surface area contributed by atoms with E-state index >= 15 is 0 Å². The Balaban J connectivity index is 1.51. The van der Waals surface area contributed by atoms with E-state index in [1.807, 2.05) is 0 Å². The average molecular weight is 525 g/mol. The van der Waals surface area contributed by atoms with Crippen LogP contribution in [0.3, 0.4) is 0 Å². The summed E-state index contributed by atoms with van der Waals surface area (Å²) in [6.45, 7) is 0.321. The molecule has 1 aliphatic rings. The Labute approximate surface area is 206 Å². The monoisotopic (exact) mass is 524 g/mol. The van der Waals surface area contributed by atoms with Gasteiger partial charge >= 0.3 is 6.18 Å². The van der Waals surface area contributed by atoms with E-state index in [-0.39, 0.29) is 24.9 Å². The number of benzene rings is 3. The lowest BCUT2D eigenvalue weighted by atomic mass is 9.77. The van der Waals surface area contributed by atoms with Crippen LogP contribution in [0, 0.1) is 17.6 Å². The molecule has 4 nitrogen and oxygen atoms in total. The second-order valence-corrected chi connectivity index (χ2v) is 10.6. The number of nitrogens with zero attached hydrogens (tertiary/aromatic N) is 1. The highest BCUT2D eigenvalue weighted by Crippen LogP contribution is 2.38. The van der Waals surface area contributed by atoms with E-state index in [0.717, 1.165) is 23.3 Å². The zero-order valence-electron chi connectivity index (χ0n) is 19.2. The first-order valence-electron chi connectivity index (χ1n) is 11.4. The van der Waals surface area contributed by atoms with Crippen LogP contribution >= 0.6 is 0 Å². The van der Waals surface area contributed by atoms with Crippen LogP contribution in [0.1, 0.15) is 41.0 Å². The third kappa shape index (κ3) is 6.29. The van der Waals surface area contributed by atoms with Crippen molar-refractivity contribution in [3.8, 4) is 0 Å². The van der Waals surface area contributed by atoms with Gasteiger partial charge in [0.2, 0.25) is 0 Å². The normalized spacial score (nSPS) is 17.4. The Morgan fingerprint density at radius 1 is 0.861 bits per heavy atom. The van der Waals surface area contributed by atoms with Gasteiger partial charge in [-0.1, -0.05) is 36.4 Å². The number of piperidine rings is 1. The minimum Gasteiger partial charge on any atom is -0.207 e. The predicted molar refractivity (Wildman–Crippen MR) is 126 cm³/mol. The zero-order valence-corrected chi connectivity index (χ0v) is 20.0. The van der Waals surface area contributed by atoms with Gasteiger partial charge in [0.25, 0.3) is 10.2 Å². The first-order chi connectivity index (χ1) is 17.0. The van der Waals surface area contributed by atoms with Crippen molar-refractivity contribution in [1.29, 1.82) is 0 Å². The Morgan fingerprint density at radius 2 is 1.39 bits per heavy atom. The lowest BCUT2D eigenvalue weighted by molar-refractivity contribution is -0.137. The molecule has 36 heavy (non-hydrogen) atoms. The van der Waals surface area contributed by atoms with E-state index in [1.54, 1.807) is 24.3 Å². The topological polar surface area (TPSA) is 49.4 Å². The van der Waals surface area contributed by atoms with E-state index in [0.29, 0.717) is 24.9 Å². The van der Waals surface area contributed by atoms with Gasteiger partial charge in [-0.05, 0) is 71.8 Å². The van der Waals surface area contributed by atoms with Crippen LogP contribution in [0.5, 0.6) is 0 Å². The van der Waals surface area contributed by atoms with Gasteiger partial charge in [-0.15, -0.1) is 0 Å². The minimum atomic E-state index is -4.47. The fourth-order valence-electron chi connectivity index (χ4n) is 4.62. The maximum Gasteiger partial charge on any atom is 0.416 e. The first kappa shape index (κ1) is 26.2. The van der Waals surface area contributed by atoms with Crippen molar-refractivity contribution in [1.82, 2.24) is 9.03 Å². The SMILES string of the molecule is O=S(=O)(NCc1ccc(C(F)(F)F)cc1)N1CCCC(C(c2ccc(F)cc2)c2ccc(F)cc2)C1. The quantitative estimate of drug-likeness (QED) is 0.394. The van der Waals surface area contributed by atoms with Crippen molar-refractivity contribution in [3.05, 3.63) is 107 Å². The molecule has 1 saturated heterocycles. The van der Waals surface area contributed by atoms with Gasteiger partial charge in [0.15, 0.2) is 0 Å². The Hall–Kier alpha value is -2.82. The third-order valence-electron chi connectivity index (χ3n) is 6.43. The molecule has 3 aromatic carbocycles. The van der Waals surface area contributed by atoms with E-state index in [1.165, 1.54) is 40.7 Å². The lowest BCUT2D eigenvalue weighted by Gasteiger charge is -2.37. The molecule has 0 aromatic heterocycles. The highest BCUT2D eigenvalue weighted by molar-refractivity contribution is 7.87. The van der Waals surface area contributed by atoms with Crippen LogP contribution in [0.4, 0.5) is 22.0 Å². The molecule has 0 saturated carbocycles.